The number of fused-ring (bicyclic) bond motifs is 1. The van der Waals surface area contributed by atoms with E-state index in [-0.39, 0.29) is 11.1 Å². The Kier molecular flexibility index (Phi) is 6.72. The van der Waals surface area contributed by atoms with Crippen LogP contribution in [-0.2, 0) is 6.54 Å². The van der Waals surface area contributed by atoms with Crippen molar-refractivity contribution in [3.63, 3.8) is 0 Å². The lowest BCUT2D eigenvalue weighted by Gasteiger charge is -2.23. The van der Waals surface area contributed by atoms with E-state index in [0.29, 0.717) is 6.54 Å². The first-order valence-electron chi connectivity index (χ1n) is 11.2. The largest absolute Gasteiger partial charge is 0.385 e. The molecule has 5 nitrogen and oxygen atoms in total. The van der Waals surface area contributed by atoms with Crippen LogP contribution in [0.25, 0.3) is 22.4 Å². The van der Waals surface area contributed by atoms with E-state index >= 15 is 0 Å². The van der Waals surface area contributed by atoms with Crippen LogP contribution >= 0.6 is 11.6 Å². The Labute approximate surface area is 194 Å². The quantitative estimate of drug-likeness (QED) is 0.557. The number of nitrogens with zero attached hydrogens (tertiary/aromatic N) is 4. The fraction of sp³-hybridized carbons (Fsp3) is 0.400. The zero-order valence-electron chi connectivity index (χ0n) is 19.0. The minimum absolute atomic E-state index is 0.0922. The summed E-state index contributed by atoms with van der Waals surface area (Å²) in [5, 5.41) is 3.47. The third-order valence-corrected chi connectivity index (χ3v) is 6.13. The second kappa shape index (κ2) is 9.51. The molecule has 2 heterocycles. The van der Waals surface area contributed by atoms with E-state index in [1.54, 1.807) is 12.1 Å². The van der Waals surface area contributed by atoms with Crippen LogP contribution < -0.4 is 10.2 Å². The Balaban J connectivity index is 1.76. The van der Waals surface area contributed by atoms with Crippen LogP contribution in [0.2, 0.25) is 5.02 Å². The van der Waals surface area contributed by atoms with Gasteiger partial charge in [-0.15, -0.1) is 0 Å². The standard InChI is InChI=1S/C25H31ClFN5/c1-17(2)28-18(3)16-32-24-9-7-20(31-11-5-10-30(4)12-13-31)15-23(24)29-25(32)19-6-8-22(27)21(26)14-19/h6-9,14-15,17,28H,3,5,10-13,16H2,1-2,4H3. The number of anilines is 1. The van der Waals surface area contributed by atoms with Gasteiger partial charge in [-0.25, -0.2) is 9.37 Å². The summed E-state index contributed by atoms with van der Waals surface area (Å²) >= 11 is 6.09. The van der Waals surface area contributed by atoms with Crippen LogP contribution in [-0.4, -0.2) is 53.7 Å². The van der Waals surface area contributed by atoms with Gasteiger partial charge < -0.3 is 19.7 Å². The molecular formula is C25H31ClFN5. The topological polar surface area (TPSA) is 36.3 Å². The van der Waals surface area contributed by atoms with Gasteiger partial charge in [0.05, 0.1) is 22.6 Å². The summed E-state index contributed by atoms with van der Waals surface area (Å²) in [5.74, 6) is 0.318. The summed E-state index contributed by atoms with van der Waals surface area (Å²) in [7, 11) is 2.17. The number of halogens is 2. The third kappa shape index (κ3) is 4.92. The Morgan fingerprint density at radius 3 is 2.72 bits per heavy atom. The molecule has 0 amide bonds. The predicted molar refractivity (Wildman–Crippen MR) is 132 cm³/mol. The molecule has 2 aromatic carbocycles. The molecule has 3 aromatic rings. The molecule has 1 saturated heterocycles. The monoisotopic (exact) mass is 455 g/mol. The van der Waals surface area contributed by atoms with Gasteiger partial charge >= 0.3 is 0 Å². The average Bonchev–Trinajstić information content (AvgIpc) is 2.93. The van der Waals surface area contributed by atoms with Crippen molar-refractivity contribution < 1.29 is 4.39 Å². The summed E-state index contributed by atoms with van der Waals surface area (Å²) in [6.07, 6.45) is 1.14. The number of allylic oxidation sites excluding steroid dienone is 1. The van der Waals surface area contributed by atoms with Crippen molar-refractivity contribution in [3.8, 4) is 11.4 Å². The molecule has 1 aliphatic rings. The first-order valence-corrected chi connectivity index (χ1v) is 11.5. The summed E-state index contributed by atoms with van der Waals surface area (Å²) in [6, 6.07) is 11.5. The maximum absolute atomic E-state index is 13.8. The van der Waals surface area contributed by atoms with Crippen LogP contribution in [0.1, 0.15) is 20.3 Å². The molecule has 32 heavy (non-hydrogen) atoms. The van der Waals surface area contributed by atoms with Crippen LogP contribution in [0.5, 0.6) is 0 Å². The van der Waals surface area contributed by atoms with E-state index < -0.39 is 5.82 Å². The fourth-order valence-corrected chi connectivity index (χ4v) is 4.46. The number of rotatable bonds is 6. The SMILES string of the molecule is C=C(Cn1c(-c2ccc(F)c(Cl)c2)nc2cc(N3CCCN(C)CC3)ccc21)NC(C)C. The Bertz CT molecular complexity index is 1120. The first-order chi connectivity index (χ1) is 15.3. The van der Waals surface area contributed by atoms with E-state index in [9.17, 15) is 4.39 Å². The van der Waals surface area contributed by atoms with Crippen molar-refractivity contribution in [2.45, 2.75) is 32.9 Å². The second-order valence-corrected chi connectivity index (χ2v) is 9.28. The predicted octanol–water partition coefficient (Wildman–Crippen LogP) is 5.15. The lowest BCUT2D eigenvalue weighted by molar-refractivity contribution is 0.360. The molecular weight excluding hydrogens is 425 g/mol. The van der Waals surface area contributed by atoms with E-state index in [4.69, 9.17) is 16.6 Å². The van der Waals surface area contributed by atoms with Crippen LogP contribution in [0.15, 0.2) is 48.7 Å². The summed E-state index contributed by atoms with van der Waals surface area (Å²) < 4.78 is 15.9. The van der Waals surface area contributed by atoms with Crippen molar-refractivity contribution in [1.82, 2.24) is 19.8 Å². The van der Waals surface area contributed by atoms with Crippen molar-refractivity contribution in [2.75, 3.05) is 38.1 Å². The van der Waals surface area contributed by atoms with Crippen LogP contribution in [0.4, 0.5) is 10.1 Å². The molecule has 0 radical (unpaired) electrons. The highest BCUT2D eigenvalue weighted by molar-refractivity contribution is 6.31. The number of likely N-dealkylation sites (N-methyl/N-ethyl adjacent to an activating group) is 1. The van der Waals surface area contributed by atoms with E-state index in [2.05, 4.69) is 65.4 Å². The summed E-state index contributed by atoms with van der Waals surface area (Å²) in [6.45, 7) is 13.1. The van der Waals surface area contributed by atoms with Crippen molar-refractivity contribution in [1.29, 1.82) is 0 Å². The van der Waals surface area contributed by atoms with Crippen LogP contribution in [0.3, 0.4) is 0 Å². The molecule has 0 unspecified atom stereocenters. The molecule has 1 aliphatic heterocycles. The normalized spacial score (nSPS) is 15.4. The molecule has 7 heteroatoms. The zero-order valence-corrected chi connectivity index (χ0v) is 19.8. The molecule has 0 atom stereocenters. The van der Waals surface area contributed by atoms with Gasteiger partial charge in [-0.1, -0.05) is 18.2 Å². The fourth-order valence-electron chi connectivity index (χ4n) is 4.28. The number of hydrogen-bond donors (Lipinski definition) is 1. The number of hydrogen-bond acceptors (Lipinski definition) is 4. The molecule has 0 aliphatic carbocycles. The van der Waals surface area contributed by atoms with Gasteiger partial charge in [0.1, 0.15) is 11.6 Å². The number of benzene rings is 2. The van der Waals surface area contributed by atoms with E-state index in [1.807, 2.05) is 0 Å². The Morgan fingerprint density at radius 1 is 1.16 bits per heavy atom. The van der Waals surface area contributed by atoms with Crippen molar-refractivity contribution in [3.05, 3.63) is 59.5 Å². The molecule has 4 rings (SSSR count). The van der Waals surface area contributed by atoms with Gasteiger partial charge in [-0.3, -0.25) is 0 Å². The lowest BCUT2D eigenvalue weighted by Crippen LogP contribution is -2.28. The highest BCUT2D eigenvalue weighted by Gasteiger charge is 2.18. The molecule has 1 fully saturated rings. The molecule has 0 spiro atoms. The van der Waals surface area contributed by atoms with Gasteiger partial charge in [0, 0.05) is 42.6 Å². The first kappa shape index (κ1) is 22.6. The smallest absolute Gasteiger partial charge is 0.141 e. The molecule has 0 bridgehead atoms. The summed E-state index contributed by atoms with van der Waals surface area (Å²) in [4.78, 5) is 9.75. The van der Waals surface area contributed by atoms with Crippen molar-refractivity contribution >= 4 is 28.3 Å². The van der Waals surface area contributed by atoms with Crippen LogP contribution in [0, 0.1) is 5.82 Å². The highest BCUT2D eigenvalue weighted by Crippen LogP contribution is 2.31. The summed E-state index contributed by atoms with van der Waals surface area (Å²) in [5.41, 5.74) is 4.78. The van der Waals surface area contributed by atoms with Gasteiger partial charge in [0.2, 0.25) is 0 Å². The highest BCUT2D eigenvalue weighted by atomic mass is 35.5. The van der Waals surface area contributed by atoms with Gasteiger partial charge in [-0.05, 0) is 70.3 Å². The number of nitrogens with one attached hydrogen (secondary N) is 1. The van der Waals surface area contributed by atoms with Gasteiger partial charge in [-0.2, -0.15) is 0 Å². The van der Waals surface area contributed by atoms with Crippen molar-refractivity contribution in [2.24, 2.45) is 0 Å². The minimum Gasteiger partial charge on any atom is -0.385 e. The molecule has 170 valence electrons. The molecule has 0 saturated carbocycles. The lowest BCUT2D eigenvalue weighted by atomic mass is 10.2. The number of imidazole rings is 1. The van der Waals surface area contributed by atoms with E-state index in [1.165, 1.54) is 11.8 Å². The Morgan fingerprint density at radius 2 is 1.97 bits per heavy atom. The second-order valence-electron chi connectivity index (χ2n) is 8.87. The maximum Gasteiger partial charge on any atom is 0.141 e. The van der Waals surface area contributed by atoms with Gasteiger partial charge in [0.25, 0.3) is 0 Å². The van der Waals surface area contributed by atoms with Gasteiger partial charge in [0.15, 0.2) is 0 Å². The molecule has 1 aromatic heterocycles. The third-order valence-electron chi connectivity index (χ3n) is 5.84. The average molecular weight is 456 g/mol. The zero-order chi connectivity index (χ0) is 22.8. The Hall–Kier alpha value is -2.57. The molecule has 1 N–H and O–H groups in total. The number of aromatic nitrogens is 2. The van der Waals surface area contributed by atoms with E-state index in [0.717, 1.165) is 60.7 Å². The minimum atomic E-state index is -0.433. The maximum atomic E-state index is 13.8.